The van der Waals surface area contributed by atoms with E-state index in [-0.39, 0.29) is 69.0 Å². The van der Waals surface area contributed by atoms with E-state index in [2.05, 4.69) is 10.4 Å². The van der Waals surface area contributed by atoms with Crippen molar-refractivity contribution >= 4 is 35.7 Å². The minimum atomic E-state index is -1.20. The van der Waals surface area contributed by atoms with Gasteiger partial charge in [0.2, 0.25) is 17.7 Å². The smallest absolute Gasteiger partial charge is 0.407 e. The first-order valence-electron chi connectivity index (χ1n) is 14.1. The number of hydrogen-bond donors (Lipinski definition) is 3. The number of carbonyl (C=O) groups excluding carboxylic acids is 4. The van der Waals surface area contributed by atoms with Crippen LogP contribution in [-0.4, -0.2) is 140 Å². The van der Waals surface area contributed by atoms with Crippen molar-refractivity contribution in [3.63, 3.8) is 0 Å². The molecule has 16 heteroatoms. The predicted molar refractivity (Wildman–Crippen MR) is 152 cm³/mol. The van der Waals surface area contributed by atoms with Gasteiger partial charge in [-0.15, -0.1) is 0 Å². The van der Waals surface area contributed by atoms with Crippen LogP contribution in [-0.2, 0) is 19.2 Å². The van der Waals surface area contributed by atoms with Crippen molar-refractivity contribution < 1.29 is 43.7 Å². The third-order valence-corrected chi connectivity index (χ3v) is 7.44. The third kappa shape index (κ3) is 8.02. The summed E-state index contributed by atoms with van der Waals surface area (Å²) in [5.41, 5.74) is 0.411. The van der Waals surface area contributed by atoms with Gasteiger partial charge in [0.15, 0.2) is 12.3 Å². The van der Waals surface area contributed by atoms with Crippen LogP contribution in [0.5, 0.6) is 5.88 Å². The van der Waals surface area contributed by atoms with E-state index >= 15 is 0 Å². The number of aliphatic carboxylic acids is 1. The van der Waals surface area contributed by atoms with Crippen molar-refractivity contribution in [3.05, 3.63) is 42.1 Å². The van der Waals surface area contributed by atoms with Crippen LogP contribution in [0.1, 0.15) is 30.3 Å². The van der Waals surface area contributed by atoms with Gasteiger partial charge in [0, 0.05) is 71.8 Å². The number of benzene rings is 1. The van der Waals surface area contributed by atoms with E-state index < -0.39 is 29.9 Å². The molecule has 0 aliphatic carbocycles. The van der Waals surface area contributed by atoms with Gasteiger partial charge >= 0.3 is 12.1 Å². The Morgan fingerprint density at radius 3 is 2.05 bits per heavy atom. The Bertz CT molecular complexity index is 1380. The average Bonchev–Trinajstić information content (AvgIpc) is 3.46. The second kappa shape index (κ2) is 14.3. The van der Waals surface area contributed by atoms with Crippen molar-refractivity contribution in [1.82, 2.24) is 34.7 Å². The lowest BCUT2D eigenvalue weighted by Gasteiger charge is -2.35. The van der Waals surface area contributed by atoms with E-state index in [1.54, 1.807) is 40.1 Å². The van der Waals surface area contributed by atoms with Crippen molar-refractivity contribution in [2.75, 3.05) is 59.0 Å². The number of ether oxygens (including phenoxy) is 1. The number of nitrogens with zero attached hydrogens (tertiary/aromatic N) is 6. The van der Waals surface area contributed by atoms with E-state index in [1.165, 1.54) is 27.5 Å². The Hall–Kier alpha value is -5.15. The van der Waals surface area contributed by atoms with Crippen LogP contribution >= 0.6 is 0 Å². The first kappa shape index (κ1) is 31.8. The molecule has 3 heterocycles. The molecule has 2 aliphatic rings. The van der Waals surface area contributed by atoms with E-state index in [1.807, 2.05) is 0 Å². The molecule has 1 atom stereocenters. The van der Waals surface area contributed by atoms with E-state index in [0.29, 0.717) is 31.9 Å². The Morgan fingerprint density at radius 1 is 0.864 bits per heavy atom. The molecule has 0 bridgehead atoms. The Morgan fingerprint density at radius 2 is 1.45 bits per heavy atom. The summed E-state index contributed by atoms with van der Waals surface area (Å²) in [7, 11) is 0. The summed E-state index contributed by atoms with van der Waals surface area (Å²) in [6.45, 7) is 3.09. The largest absolute Gasteiger partial charge is 0.481 e. The minimum absolute atomic E-state index is 0.0569. The van der Waals surface area contributed by atoms with Gasteiger partial charge in [-0.3, -0.25) is 24.0 Å². The molecule has 44 heavy (non-hydrogen) atoms. The fraction of sp³-hybridized carbons (Fsp3) is 0.464. The number of carboxylic acid groups (broad SMARTS) is 2. The molecular formula is C28H35N7O9. The monoisotopic (exact) mass is 613 g/mol. The van der Waals surface area contributed by atoms with E-state index in [0.717, 1.165) is 0 Å². The van der Waals surface area contributed by atoms with Gasteiger partial charge in [0.1, 0.15) is 6.04 Å². The number of piperazine rings is 2. The number of aromatic nitrogens is 2. The van der Waals surface area contributed by atoms with Crippen molar-refractivity contribution in [2.45, 2.75) is 25.8 Å². The first-order valence-corrected chi connectivity index (χ1v) is 14.1. The Balaban J connectivity index is 1.48. The Labute approximate surface area is 252 Å². The summed E-state index contributed by atoms with van der Waals surface area (Å²) < 4.78 is 7.15. The molecule has 16 nitrogen and oxygen atoms in total. The molecule has 0 spiro atoms. The lowest BCUT2D eigenvalue weighted by atomic mass is 10.1. The molecule has 2 aromatic rings. The Kier molecular flexibility index (Phi) is 10.4. The highest BCUT2D eigenvalue weighted by atomic mass is 16.5. The molecule has 2 saturated heterocycles. The number of carboxylic acids is 1. The second-order valence-corrected chi connectivity index (χ2v) is 10.3. The van der Waals surface area contributed by atoms with Crippen LogP contribution in [0, 0.1) is 0 Å². The summed E-state index contributed by atoms with van der Waals surface area (Å²) >= 11 is 0. The highest BCUT2D eigenvalue weighted by Gasteiger charge is 2.31. The first-order chi connectivity index (χ1) is 21.0. The van der Waals surface area contributed by atoms with Crippen LogP contribution in [0.15, 0.2) is 36.4 Å². The van der Waals surface area contributed by atoms with Gasteiger partial charge < -0.3 is 39.9 Å². The van der Waals surface area contributed by atoms with Crippen molar-refractivity contribution in [2.24, 2.45) is 0 Å². The molecule has 2 fully saturated rings. The van der Waals surface area contributed by atoms with Gasteiger partial charge in [-0.2, -0.15) is 5.10 Å². The minimum Gasteiger partial charge on any atom is -0.481 e. The van der Waals surface area contributed by atoms with Crippen LogP contribution in [0.4, 0.5) is 4.79 Å². The molecule has 0 radical (unpaired) electrons. The molecule has 236 valence electrons. The van der Waals surface area contributed by atoms with Crippen LogP contribution in [0.2, 0.25) is 0 Å². The number of nitrogens with one attached hydrogen (secondary N) is 1. The summed E-state index contributed by atoms with van der Waals surface area (Å²) in [5, 5.41) is 25.3. The van der Waals surface area contributed by atoms with E-state index in [4.69, 9.17) is 4.74 Å². The normalized spacial score (nSPS) is 15.8. The van der Waals surface area contributed by atoms with E-state index in [9.17, 15) is 39.0 Å². The predicted octanol–water partition coefficient (Wildman–Crippen LogP) is -0.273. The maximum atomic E-state index is 13.3. The third-order valence-electron chi connectivity index (χ3n) is 7.44. The quantitative estimate of drug-likeness (QED) is 0.321. The zero-order valence-electron chi connectivity index (χ0n) is 24.3. The number of hydrogen-bond acceptors (Lipinski definition) is 8. The van der Waals surface area contributed by atoms with Crippen molar-refractivity contribution in [3.8, 4) is 11.6 Å². The highest BCUT2D eigenvalue weighted by Crippen LogP contribution is 2.20. The number of carbonyl (C=O) groups is 6. The van der Waals surface area contributed by atoms with Crippen LogP contribution in [0.3, 0.4) is 0 Å². The SMILES string of the molecule is CC(=O)N1CCN(C(=O)COc2cc(C(=O)N[C@@H](CCC(=O)O)C(=O)N3CCN(C(=O)O)CC3)nn2-c2ccccc2)CC1. The molecule has 3 N–H and O–H groups in total. The molecule has 0 unspecified atom stereocenters. The van der Waals surface area contributed by atoms with Crippen LogP contribution < -0.4 is 10.1 Å². The fourth-order valence-corrected chi connectivity index (χ4v) is 4.93. The van der Waals surface area contributed by atoms with Crippen LogP contribution in [0.25, 0.3) is 5.69 Å². The highest BCUT2D eigenvalue weighted by molar-refractivity contribution is 5.96. The maximum Gasteiger partial charge on any atom is 0.407 e. The zero-order chi connectivity index (χ0) is 31.8. The average molecular weight is 614 g/mol. The standard InChI is InChI=1S/C28H35N7O9/c1-19(36)31-9-11-32(12-10-31)23(37)18-44-24-17-22(30-35(24)20-5-3-2-4-6-20)26(40)29-21(7-8-25(38)39)27(41)33-13-15-34(16-14-33)28(42)43/h2-6,17,21H,7-16,18H2,1H3,(H,29,40)(H,38,39)(H,42,43)/t21-/m0/s1. The molecule has 1 aromatic heterocycles. The zero-order valence-corrected chi connectivity index (χ0v) is 24.3. The summed E-state index contributed by atoms with van der Waals surface area (Å²) in [6, 6.07) is 8.88. The molecule has 2 aliphatic heterocycles. The topological polar surface area (TPSA) is 195 Å². The second-order valence-electron chi connectivity index (χ2n) is 10.3. The number of amides is 5. The van der Waals surface area contributed by atoms with Gasteiger partial charge in [-0.1, -0.05) is 18.2 Å². The lowest BCUT2D eigenvalue weighted by Crippen LogP contribution is -2.55. The molecule has 0 saturated carbocycles. The number of para-hydroxylation sites is 1. The van der Waals surface area contributed by atoms with Gasteiger partial charge in [-0.25, -0.2) is 9.48 Å². The molecule has 4 rings (SSSR count). The molecule has 5 amide bonds. The fourth-order valence-electron chi connectivity index (χ4n) is 4.93. The summed E-state index contributed by atoms with van der Waals surface area (Å²) in [4.78, 5) is 79.4. The van der Waals surface area contributed by atoms with Gasteiger partial charge in [-0.05, 0) is 18.6 Å². The molecule has 1 aromatic carbocycles. The summed E-state index contributed by atoms with van der Waals surface area (Å²) in [5.74, 6) is -2.71. The van der Waals surface area contributed by atoms with Gasteiger partial charge in [0.25, 0.3) is 11.8 Å². The maximum absolute atomic E-state index is 13.3. The summed E-state index contributed by atoms with van der Waals surface area (Å²) in [6.07, 6.45) is -1.67. The van der Waals surface area contributed by atoms with Gasteiger partial charge in [0.05, 0.1) is 5.69 Å². The van der Waals surface area contributed by atoms with Crippen molar-refractivity contribution in [1.29, 1.82) is 0 Å². The molecular weight excluding hydrogens is 578 g/mol. The lowest BCUT2D eigenvalue weighted by molar-refractivity contribution is -0.139. The number of rotatable bonds is 10.